The van der Waals surface area contributed by atoms with Gasteiger partial charge in [-0.2, -0.15) is 0 Å². The predicted molar refractivity (Wildman–Crippen MR) is 77.7 cm³/mol. The van der Waals surface area contributed by atoms with Crippen molar-refractivity contribution in [3.63, 3.8) is 0 Å². The van der Waals surface area contributed by atoms with E-state index in [1.165, 1.54) is 16.5 Å². The van der Waals surface area contributed by atoms with E-state index in [1.54, 1.807) is 24.3 Å². The van der Waals surface area contributed by atoms with E-state index in [2.05, 4.69) is 15.2 Å². The van der Waals surface area contributed by atoms with Crippen LogP contribution in [0.15, 0.2) is 52.8 Å². The van der Waals surface area contributed by atoms with Crippen molar-refractivity contribution < 1.29 is 14.3 Å². The Labute approximate surface area is 128 Å². The first kappa shape index (κ1) is 14.2. The lowest BCUT2D eigenvalue weighted by molar-refractivity contribution is 0.0692. The highest BCUT2D eigenvalue weighted by atomic mass is 35.5. The average Bonchev–Trinajstić information content (AvgIpc) is 2.85. The molecule has 6 nitrogen and oxygen atoms in total. The lowest BCUT2D eigenvalue weighted by atomic mass is 10.3. The number of azo groups is 1. The fraction of sp³-hybridized carbons (Fsp3) is 0. The third kappa shape index (κ3) is 2.66. The Morgan fingerprint density at radius 1 is 1.18 bits per heavy atom. The fourth-order valence-corrected chi connectivity index (χ4v) is 1.98. The third-order valence-electron chi connectivity index (χ3n) is 2.85. The Balaban J connectivity index is 2.11. The molecule has 8 heteroatoms. The van der Waals surface area contributed by atoms with Gasteiger partial charge >= 0.3 is 5.97 Å². The lowest BCUT2D eigenvalue weighted by Crippen LogP contribution is -1.96. The molecule has 0 aliphatic heterocycles. The van der Waals surface area contributed by atoms with Gasteiger partial charge in [0.15, 0.2) is 11.5 Å². The van der Waals surface area contributed by atoms with Crippen molar-refractivity contribution in [1.82, 2.24) is 9.38 Å². The zero-order valence-corrected chi connectivity index (χ0v) is 11.7. The maximum Gasteiger partial charge on any atom is 0.358 e. The summed E-state index contributed by atoms with van der Waals surface area (Å²) >= 11 is 5.77. The Morgan fingerprint density at radius 2 is 1.91 bits per heavy atom. The summed E-state index contributed by atoms with van der Waals surface area (Å²) in [7, 11) is 0. The quantitative estimate of drug-likeness (QED) is 0.733. The zero-order chi connectivity index (χ0) is 15.7. The molecule has 0 unspecified atom stereocenters. The molecule has 0 spiro atoms. The second-order valence-corrected chi connectivity index (χ2v) is 4.78. The molecule has 0 aliphatic carbocycles. The highest BCUT2D eigenvalue weighted by molar-refractivity contribution is 6.30. The van der Waals surface area contributed by atoms with Crippen LogP contribution in [-0.4, -0.2) is 20.5 Å². The Morgan fingerprint density at radius 3 is 2.59 bits per heavy atom. The van der Waals surface area contributed by atoms with Gasteiger partial charge < -0.3 is 5.11 Å². The van der Waals surface area contributed by atoms with Crippen LogP contribution in [-0.2, 0) is 0 Å². The van der Waals surface area contributed by atoms with Crippen molar-refractivity contribution in [3.8, 4) is 0 Å². The number of hydrogen-bond acceptors (Lipinski definition) is 4. The molecule has 2 aromatic heterocycles. The molecular weight excluding hydrogens is 311 g/mol. The minimum atomic E-state index is -1.27. The summed E-state index contributed by atoms with van der Waals surface area (Å²) in [6.07, 6.45) is 1.10. The minimum absolute atomic E-state index is 0.0584. The summed E-state index contributed by atoms with van der Waals surface area (Å²) in [5.41, 5.74) is 0.444. The van der Waals surface area contributed by atoms with Crippen LogP contribution in [0.5, 0.6) is 0 Å². The normalized spacial score (nSPS) is 11.4. The molecule has 0 saturated heterocycles. The maximum atomic E-state index is 13.4. The standard InChI is InChI=1S/C14H8ClFN4O2/c15-8-1-4-10(5-2-8)18-19-13-12(14(21)22)17-11-6-3-9(16)7-20(11)13/h1-7H,(H,21,22). The van der Waals surface area contributed by atoms with E-state index in [0.29, 0.717) is 10.7 Å². The fourth-order valence-electron chi connectivity index (χ4n) is 1.86. The van der Waals surface area contributed by atoms with Gasteiger partial charge in [0.25, 0.3) is 0 Å². The molecule has 0 bridgehead atoms. The second-order valence-electron chi connectivity index (χ2n) is 4.34. The zero-order valence-electron chi connectivity index (χ0n) is 10.9. The topological polar surface area (TPSA) is 79.3 Å². The largest absolute Gasteiger partial charge is 0.476 e. The van der Waals surface area contributed by atoms with Crippen molar-refractivity contribution in [2.45, 2.75) is 0 Å². The molecule has 1 aromatic carbocycles. The monoisotopic (exact) mass is 318 g/mol. The Bertz CT molecular complexity index is 890. The van der Waals surface area contributed by atoms with Crippen LogP contribution in [0.4, 0.5) is 15.9 Å². The molecule has 0 saturated carbocycles. The highest BCUT2D eigenvalue weighted by Crippen LogP contribution is 2.25. The van der Waals surface area contributed by atoms with Gasteiger partial charge in [-0.15, -0.1) is 10.2 Å². The molecule has 2 heterocycles. The summed E-state index contributed by atoms with van der Waals surface area (Å²) in [5.74, 6) is -1.86. The highest BCUT2D eigenvalue weighted by Gasteiger charge is 2.18. The molecule has 0 aliphatic rings. The van der Waals surface area contributed by atoms with Crippen LogP contribution >= 0.6 is 11.6 Å². The number of fused-ring (bicyclic) bond motifs is 1. The number of carboxylic acid groups (broad SMARTS) is 1. The molecule has 1 N–H and O–H groups in total. The van der Waals surface area contributed by atoms with E-state index in [0.717, 1.165) is 6.20 Å². The molecule has 3 rings (SSSR count). The van der Waals surface area contributed by atoms with Gasteiger partial charge in [-0.1, -0.05) is 11.6 Å². The number of carbonyl (C=O) groups is 1. The van der Waals surface area contributed by atoms with E-state index in [9.17, 15) is 14.3 Å². The third-order valence-corrected chi connectivity index (χ3v) is 3.10. The molecule has 0 radical (unpaired) electrons. The van der Waals surface area contributed by atoms with E-state index >= 15 is 0 Å². The van der Waals surface area contributed by atoms with E-state index in [-0.39, 0.29) is 17.2 Å². The van der Waals surface area contributed by atoms with Crippen LogP contribution in [0.2, 0.25) is 5.02 Å². The molecule has 0 fully saturated rings. The summed E-state index contributed by atoms with van der Waals surface area (Å²) in [6.45, 7) is 0. The lowest BCUT2D eigenvalue weighted by Gasteiger charge is -1.97. The first-order valence-electron chi connectivity index (χ1n) is 6.13. The van der Waals surface area contributed by atoms with Gasteiger partial charge in [-0.25, -0.2) is 14.2 Å². The first-order chi connectivity index (χ1) is 10.5. The van der Waals surface area contributed by atoms with Gasteiger partial charge in [0.05, 0.1) is 5.69 Å². The number of rotatable bonds is 3. The van der Waals surface area contributed by atoms with Gasteiger partial charge in [0.1, 0.15) is 11.5 Å². The van der Waals surface area contributed by atoms with Crippen molar-refractivity contribution in [3.05, 3.63) is 59.1 Å². The Hall–Kier alpha value is -2.80. The Kier molecular flexibility index (Phi) is 3.56. The number of aromatic nitrogens is 2. The second kappa shape index (κ2) is 5.53. The number of halogens is 2. The number of pyridine rings is 1. The van der Waals surface area contributed by atoms with Gasteiger partial charge in [-0.05, 0) is 36.4 Å². The molecule has 22 heavy (non-hydrogen) atoms. The van der Waals surface area contributed by atoms with Crippen molar-refractivity contribution in [2.24, 2.45) is 10.2 Å². The van der Waals surface area contributed by atoms with Crippen molar-refractivity contribution >= 4 is 34.7 Å². The smallest absolute Gasteiger partial charge is 0.358 e. The number of benzene rings is 1. The van der Waals surface area contributed by atoms with Crippen LogP contribution in [0.1, 0.15) is 10.5 Å². The molecular formula is C14H8ClFN4O2. The number of aromatic carboxylic acids is 1. The van der Waals surface area contributed by atoms with Gasteiger partial charge in [0.2, 0.25) is 0 Å². The SMILES string of the molecule is O=C(O)c1nc2ccc(F)cn2c1N=Nc1ccc(Cl)cc1. The summed E-state index contributed by atoms with van der Waals surface area (Å²) in [5, 5.41) is 17.5. The van der Waals surface area contributed by atoms with Crippen LogP contribution in [0, 0.1) is 5.82 Å². The first-order valence-corrected chi connectivity index (χ1v) is 6.50. The van der Waals surface area contributed by atoms with Crippen molar-refractivity contribution in [1.29, 1.82) is 0 Å². The van der Waals surface area contributed by atoms with Crippen molar-refractivity contribution in [2.75, 3.05) is 0 Å². The summed E-state index contributed by atoms with van der Waals surface area (Å²) in [4.78, 5) is 15.1. The van der Waals surface area contributed by atoms with Crippen LogP contribution in [0.3, 0.4) is 0 Å². The van der Waals surface area contributed by atoms with E-state index in [4.69, 9.17) is 11.6 Å². The minimum Gasteiger partial charge on any atom is -0.476 e. The number of carboxylic acids is 1. The average molecular weight is 319 g/mol. The number of nitrogens with zero attached hydrogens (tertiary/aromatic N) is 4. The molecule has 0 atom stereocenters. The van der Waals surface area contributed by atoms with E-state index in [1.807, 2.05) is 0 Å². The van der Waals surface area contributed by atoms with Gasteiger partial charge in [0, 0.05) is 11.2 Å². The maximum absolute atomic E-state index is 13.4. The summed E-state index contributed by atoms with van der Waals surface area (Å²) < 4.78 is 14.6. The molecule has 0 amide bonds. The summed E-state index contributed by atoms with van der Waals surface area (Å²) in [6, 6.07) is 9.05. The van der Waals surface area contributed by atoms with Crippen LogP contribution < -0.4 is 0 Å². The number of imidazole rings is 1. The molecule has 110 valence electrons. The van der Waals surface area contributed by atoms with Crippen LogP contribution in [0.25, 0.3) is 5.65 Å². The van der Waals surface area contributed by atoms with Gasteiger partial charge in [-0.3, -0.25) is 4.40 Å². The van der Waals surface area contributed by atoms with E-state index < -0.39 is 11.8 Å². The predicted octanol–water partition coefficient (Wildman–Crippen LogP) is 4.24. The molecule has 3 aromatic rings. The number of hydrogen-bond donors (Lipinski definition) is 1.